The first-order valence-corrected chi connectivity index (χ1v) is 9.89. The van der Waals surface area contributed by atoms with Gasteiger partial charge >= 0.3 is 0 Å². The van der Waals surface area contributed by atoms with Gasteiger partial charge in [0.25, 0.3) is 0 Å². The first-order valence-electron chi connectivity index (χ1n) is 9.89. The minimum Gasteiger partial charge on any atom is -0.493 e. The predicted octanol–water partition coefficient (Wildman–Crippen LogP) is 5.01. The van der Waals surface area contributed by atoms with Crippen LogP contribution in [0.3, 0.4) is 0 Å². The van der Waals surface area contributed by atoms with Gasteiger partial charge in [-0.3, -0.25) is 4.79 Å². The molecular weight excluding hydrogens is 350 g/mol. The van der Waals surface area contributed by atoms with Gasteiger partial charge in [-0.1, -0.05) is 49.2 Å². The van der Waals surface area contributed by atoms with Crippen LogP contribution in [-0.4, -0.2) is 24.2 Å². The van der Waals surface area contributed by atoms with Crippen molar-refractivity contribution < 1.29 is 14.6 Å². The Labute approximate surface area is 165 Å². The molecule has 1 fully saturated rings. The van der Waals surface area contributed by atoms with E-state index in [0.29, 0.717) is 11.6 Å². The van der Waals surface area contributed by atoms with Crippen molar-refractivity contribution in [2.24, 2.45) is 5.92 Å². The summed E-state index contributed by atoms with van der Waals surface area (Å²) in [5.41, 5.74) is 2.89. The van der Waals surface area contributed by atoms with Crippen LogP contribution in [0.1, 0.15) is 25.7 Å². The van der Waals surface area contributed by atoms with Crippen LogP contribution < -0.4 is 10.1 Å². The zero-order chi connectivity index (χ0) is 19.3. The van der Waals surface area contributed by atoms with Gasteiger partial charge in [0.05, 0.1) is 6.61 Å². The summed E-state index contributed by atoms with van der Waals surface area (Å²) in [5.74, 6) is 1.20. The van der Waals surface area contributed by atoms with Gasteiger partial charge in [-0.25, -0.2) is 0 Å². The highest BCUT2D eigenvalue weighted by Gasteiger charge is 2.16. The number of carbonyl (C=O) groups is 1. The van der Waals surface area contributed by atoms with Gasteiger partial charge in [0.2, 0.25) is 5.91 Å². The third kappa shape index (κ3) is 4.18. The standard InChI is InChI=1S/C24H25NO3/c26-15-24(27)25-21-12-11-18-13-20(10-9-19(18)14-21)22-7-3-4-8-23(22)28-16-17-5-1-2-6-17/h3-4,7-14,17,26H,1-2,5-6,15-16H2,(H,25,27). The van der Waals surface area contributed by atoms with Gasteiger partial charge in [-0.15, -0.1) is 0 Å². The molecule has 0 heterocycles. The molecule has 2 N–H and O–H groups in total. The van der Waals surface area contributed by atoms with Crippen molar-refractivity contribution >= 4 is 22.4 Å². The smallest absolute Gasteiger partial charge is 0.250 e. The number of benzene rings is 3. The lowest BCUT2D eigenvalue weighted by atomic mass is 10.00. The zero-order valence-corrected chi connectivity index (χ0v) is 15.9. The lowest BCUT2D eigenvalue weighted by Gasteiger charge is -2.15. The average molecular weight is 375 g/mol. The third-order valence-electron chi connectivity index (χ3n) is 5.41. The van der Waals surface area contributed by atoms with Crippen LogP contribution >= 0.6 is 0 Å². The minimum absolute atomic E-state index is 0.413. The van der Waals surface area contributed by atoms with Crippen LogP contribution in [0.15, 0.2) is 60.7 Å². The van der Waals surface area contributed by atoms with Crippen LogP contribution in [-0.2, 0) is 4.79 Å². The van der Waals surface area contributed by atoms with E-state index < -0.39 is 12.5 Å². The lowest BCUT2D eigenvalue weighted by Crippen LogP contribution is -2.15. The van der Waals surface area contributed by atoms with E-state index in [2.05, 4.69) is 23.5 Å². The monoisotopic (exact) mass is 375 g/mol. The van der Waals surface area contributed by atoms with Crippen molar-refractivity contribution in [3.63, 3.8) is 0 Å². The Morgan fingerprint density at radius 2 is 1.75 bits per heavy atom. The number of aliphatic hydroxyl groups is 1. The molecule has 1 saturated carbocycles. The van der Waals surface area contributed by atoms with Gasteiger partial charge in [0.15, 0.2) is 0 Å². The van der Waals surface area contributed by atoms with Crippen LogP contribution in [0, 0.1) is 5.92 Å². The van der Waals surface area contributed by atoms with Crippen molar-refractivity contribution in [1.82, 2.24) is 0 Å². The number of hydrogen-bond acceptors (Lipinski definition) is 3. The van der Waals surface area contributed by atoms with E-state index in [-0.39, 0.29) is 0 Å². The van der Waals surface area contributed by atoms with Crippen LogP contribution in [0.2, 0.25) is 0 Å². The van der Waals surface area contributed by atoms with Gasteiger partial charge in [-0.2, -0.15) is 0 Å². The second-order valence-electron chi connectivity index (χ2n) is 7.44. The molecule has 3 aromatic carbocycles. The Morgan fingerprint density at radius 1 is 1.00 bits per heavy atom. The topological polar surface area (TPSA) is 58.6 Å². The minimum atomic E-state index is -0.519. The Kier molecular flexibility index (Phi) is 5.58. The van der Waals surface area contributed by atoms with E-state index in [9.17, 15) is 4.79 Å². The molecule has 4 nitrogen and oxygen atoms in total. The Morgan fingerprint density at radius 3 is 2.57 bits per heavy atom. The van der Waals surface area contributed by atoms with Gasteiger partial charge in [-0.05, 0) is 59.4 Å². The summed E-state index contributed by atoms with van der Waals surface area (Å²) < 4.78 is 6.19. The SMILES string of the molecule is O=C(CO)Nc1ccc2cc(-c3ccccc3OCC3CCCC3)ccc2c1. The summed E-state index contributed by atoms with van der Waals surface area (Å²) in [6.45, 7) is 0.271. The normalized spacial score (nSPS) is 14.3. The van der Waals surface area contributed by atoms with E-state index in [0.717, 1.165) is 34.3 Å². The first kappa shape index (κ1) is 18.5. The molecule has 0 spiro atoms. The number of fused-ring (bicyclic) bond motifs is 1. The number of ether oxygens (including phenoxy) is 1. The fourth-order valence-corrected chi connectivity index (χ4v) is 3.91. The molecule has 4 heteroatoms. The van der Waals surface area contributed by atoms with E-state index >= 15 is 0 Å². The maximum atomic E-state index is 11.4. The van der Waals surface area contributed by atoms with E-state index in [4.69, 9.17) is 9.84 Å². The Balaban J connectivity index is 1.58. The number of rotatable bonds is 6. The van der Waals surface area contributed by atoms with E-state index in [1.54, 1.807) is 0 Å². The second kappa shape index (κ2) is 8.44. The van der Waals surface area contributed by atoms with E-state index in [1.807, 2.05) is 42.5 Å². The number of para-hydroxylation sites is 1. The van der Waals surface area contributed by atoms with Crippen molar-refractivity contribution in [3.05, 3.63) is 60.7 Å². The summed E-state index contributed by atoms with van der Waals surface area (Å²) in [7, 11) is 0. The fourth-order valence-electron chi connectivity index (χ4n) is 3.91. The maximum absolute atomic E-state index is 11.4. The molecular formula is C24H25NO3. The first-order chi connectivity index (χ1) is 13.7. The Bertz CT molecular complexity index is 977. The molecule has 3 aromatic rings. The number of hydrogen-bond donors (Lipinski definition) is 2. The molecule has 0 saturated heterocycles. The summed E-state index contributed by atoms with van der Waals surface area (Å²) in [4.78, 5) is 11.4. The second-order valence-corrected chi connectivity index (χ2v) is 7.44. The van der Waals surface area contributed by atoms with Gasteiger partial charge < -0.3 is 15.2 Å². The van der Waals surface area contributed by atoms with Gasteiger partial charge in [0, 0.05) is 11.3 Å². The molecule has 0 unspecified atom stereocenters. The summed E-state index contributed by atoms with van der Waals surface area (Å²) in [6.07, 6.45) is 5.18. The molecule has 1 amide bonds. The quantitative estimate of drug-likeness (QED) is 0.637. The molecule has 1 aliphatic carbocycles. The number of carbonyl (C=O) groups excluding carboxylic acids is 1. The molecule has 0 atom stereocenters. The molecule has 4 rings (SSSR count). The highest BCUT2D eigenvalue weighted by Crippen LogP contribution is 2.34. The molecule has 144 valence electrons. The van der Waals surface area contributed by atoms with Crippen LogP contribution in [0.4, 0.5) is 5.69 Å². The van der Waals surface area contributed by atoms with Crippen molar-refractivity contribution in [3.8, 4) is 16.9 Å². The van der Waals surface area contributed by atoms with Crippen LogP contribution in [0.25, 0.3) is 21.9 Å². The van der Waals surface area contributed by atoms with Crippen molar-refractivity contribution in [2.75, 3.05) is 18.5 Å². The fraction of sp³-hybridized carbons (Fsp3) is 0.292. The molecule has 0 aliphatic heterocycles. The zero-order valence-electron chi connectivity index (χ0n) is 15.9. The average Bonchev–Trinajstić information content (AvgIpc) is 3.25. The van der Waals surface area contributed by atoms with Gasteiger partial charge in [0.1, 0.15) is 12.4 Å². The van der Waals surface area contributed by atoms with E-state index in [1.165, 1.54) is 25.7 Å². The highest BCUT2D eigenvalue weighted by molar-refractivity contribution is 5.96. The molecule has 1 aliphatic rings. The predicted molar refractivity (Wildman–Crippen MR) is 113 cm³/mol. The number of nitrogens with one attached hydrogen (secondary N) is 1. The number of aliphatic hydroxyl groups excluding tert-OH is 1. The number of amides is 1. The van der Waals surface area contributed by atoms with Crippen LogP contribution in [0.5, 0.6) is 5.75 Å². The molecule has 0 bridgehead atoms. The summed E-state index contributed by atoms with van der Waals surface area (Å²) >= 11 is 0. The van der Waals surface area contributed by atoms with Crippen molar-refractivity contribution in [2.45, 2.75) is 25.7 Å². The molecule has 0 radical (unpaired) electrons. The Hall–Kier alpha value is -2.85. The number of anilines is 1. The van der Waals surface area contributed by atoms with Crippen molar-refractivity contribution in [1.29, 1.82) is 0 Å². The third-order valence-corrected chi connectivity index (χ3v) is 5.41. The highest BCUT2D eigenvalue weighted by atomic mass is 16.5. The lowest BCUT2D eigenvalue weighted by molar-refractivity contribution is -0.118. The molecule has 0 aromatic heterocycles. The summed E-state index contributed by atoms with van der Waals surface area (Å²) in [5, 5.41) is 13.7. The largest absolute Gasteiger partial charge is 0.493 e. The molecule has 28 heavy (non-hydrogen) atoms. The summed E-state index contributed by atoms with van der Waals surface area (Å²) in [6, 6.07) is 20.2. The maximum Gasteiger partial charge on any atom is 0.250 e.